The second kappa shape index (κ2) is 7.60. The summed E-state index contributed by atoms with van der Waals surface area (Å²) in [6.45, 7) is 2.46. The van der Waals surface area contributed by atoms with Crippen LogP contribution in [0.4, 0.5) is 0 Å². The fourth-order valence-corrected chi connectivity index (χ4v) is 2.19. The number of amides is 2. The van der Waals surface area contributed by atoms with Crippen molar-refractivity contribution in [1.29, 1.82) is 5.26 Å². The molecular weight excluding hydrogens is 278 g/mol. The minimum Gasteiger partial charge on any atom is -0.356 e. The molecule has 5 heteroatoms. The van der Waals surface area contributed by atoms with E-state index in [2.05, 4.69) is 16.7 Å². The minimum atomic E-state index is -0.0960. The molecule has 0 bridgehead atoms. The van der Waals surface area contributed by atoms with Crippen LogP contribution in [0.1, 0.15) is 49.8 Å². The molecule has 2 N–H and O–H groups in total. The summed E-state index contributed by atoms with van der Waals surface area (Å²) in [5.74, 6) is 0.300. The van der Waals surface area contributed by atoms with Crippen LogP contribution in [0, 0.1) is 17.2 Å². The molecule has 0 aliphatic heterocycles. The Morgan fingerprint density at radius 3 is 2.59 bits per heavy atom. The molecule has 0 radical (unpaired) electrons. The lowest BCUT2D eigenvalue weighted by atomic mass is 10.1. The number of benzene rings is 1. The van der Waals surface area contributed by atoms with Gasteiger partial charge < -0.3 is 10.6 Å². The summed E-state index contributed by atoms with van der Waals surface area (Å²) in [7, 11) is 0. The van der Waals surface area contributed by atoms with Gasteiger partial charge in [0.25, 0.3) is 0 Å². The van der Waals surface area contributed by atoms with Crippen molar-refractivity contribution in [2.75, 3.05) is 6.54 Å². The van der Waals surface area contributed by atoms with Crippen LogP contribution in [-0.4, -0.2) is 18.4 Å². The predicted molar refractivity (Wildman–Crippen MR) is 82.7 cm³/mol. The molecule has 1 aromatic rings. The zero-order valence-corrected chi connectivity index (χ0v) is 12.8. The smallest absolute Gasteiger partial charge is 0.223 e. The lowest BCUT2D eigenvalue weighted by Gasteiger charge is -2.14. The summed E-state index contributed by atoms with van der Waals surface area (Å²) in [5.41, 5.74) is 1.57. The standard InChI is InChI=1S/C17H21N3O2/c1-12(14-6-4-13(11-18)5-7-14)20-16(21)3-2-10-19-17(22)15-8-9-15/h4-7,12,15H,2-3,8-10H2,1H3,(H,19,22)(H,20,21). The van der Waals surface area contributed by atoms with Crippen LogP contribution < -0.4 is 10.6 Å². The topological polar surface area (TPSA) is 82.0 Å². The van der Waals surface area contributed by atoms with Crippen LogP contribution in [0.5, 0.6) is 0 Å². The van der Waals surface area contributed by atoms with Crippen LogP contribution in [-0.2, 0) is 9.59 Å². The van der Waals surface area contributed by atoms with Gasteiger partial charge in [-0.2, -0.15) is 5.26 Å². The summed E-state index contributed by atoms with van der Waals surface area (Å²) in [5, 5.41) is 14.5. The monoisotopic (exact) mass is 299 g/mol. The Hall–Kier alpha value is -2.35. The van der Waals surface area contributed by atoms with Gasteiger partial charge in [0.2, 0.25) is 11.8 Å². The van der Waals surface area contributed by atoms with E-state index in [-0.39, 0.29) is 23.8 Å². The molecule has 0 saturated heterocycles. The van der Waals surface area contributed by atoms with Crippen LogP contribution in [0.2, 0.25) is 0 Å². The van der Waals surface area contributed by atoms with Crippen molar-refractivity contribution in [1.82, 2.24) is 10.6 Å². The average Bonchev–Trinajstić information content (AvgIpc) is 3.36. The molecule has 22 heavy (non-hydrogen) atoms. The van der Waals surface area contributed by atoms with Crippen molar-refractivity contribution >= 4 is 11.8 Å². The Morgan fingerprint density at radius 1 is 1.32 bits per heavy atom. The highest BCUT2D eigenvalue weighted by Crippen LogP contribution is 2.28. The molecule has 5 nitrogen and oxygen atoms in total. The van der Waals surface area contributed by atoms with Crippen molar-refractivity contribution in [3.63, 3.8) is 0 Å². The van der Waals surface area contributed by atoms with Gasteiger partial charge >= 0.3 is 0 Å². The molecule has 2 amide bonds. The summed E-state index contributed by atoms with van der Waals surface area (Å²) >= 11 is 0. The van der Waals surface area contributed by atoms with E-state index >= 15 is 0 Å². The Balaban J connectivity index is 1.66. The zero-order valence-electron chi connectivity index (χ0n) is 12.8. The maximum absolute atomic E-state index is 11.9. The fraction of sp³-hybridized carbons (Fsp3) is 0.471. The second-order valence-corrected chi connectivity index (χ2v) is 5.69. The van der Waals surface area contributed by atoms with E-state index < -0.39 is 0 Å². The molecule has 1 saturated carbocycles. The normalized spacial score (nSPS) is 14.7. The first kappa shape index (κ1) is 16.0. The van der Waals surface area contributed by atoms with Crippen molar-refractivity contribution in [2.45, 2.75) is 38.6 Å². The number of hydrogen-bond donors (Lipinski definition) is 2. The van der Waals surface area contributed by atoms with E-state index in [1.165, 1.54) is 0 Å². The van der Waals surface area contributed by atoms with Gasteiger partial charge in [-0.15, -0.1) is 0 Å². The molecule has 2 rings (SSSR count). The maximum Gasteiger partial charge on any atom is 0.223 e. The molecule has 1 aliphatic carbocycles. The highest BCUT2D eigenvalue weighted by atomic mass is 16.2. The van der Waals surface area contributed by atoms with Gasteiger partial charge in [0.1, 0.15) is 0 Å². The van der Waals surface area contributed by atoms with Crippen LogP contribution in [0.25, 0.3) is 0 Å². The van der Waals surface area contributed by atoms with Gasteiger partial charge in [-0.1, -0.05) is 12.1 Å². The van der Waals surface area contributed by atoms with E-state index in [1.807, 2.05) is 19.1 Å². The average molecular weight is 299 g/mol. The van der Waals surface area contributed by atoms with Crippen LogP contribution >= 0.6 is 0 Å². The predicted octanol–water partition coefficient (Wildman–Crippen LogP) is 2.04. The third-order valence-electron chi connectivity index (χ3n) is 3.75. The number of nitriles is 1. The van der Waals surface area contributed by atoms with Crippen molar-refractivity contribution in [3.8, 4) is 6.07 Å². The summed E-state index contributed by atoms with van der Waals surface area (Å²) < 4.78 is 0. The molecular formula is C17H21N3O2. The number of hydrogen-bond acceptors (Lipinski definition) is 3. The lowest BCUT2D eigenvalue weighted by molar-refractivity contribution is -0.123. The summed E-state index contributed by atoms with van der Waals surface area (Å²) in [6.07, 6.45) is 3.03. The SMILES string of the molecule is CC(NC(=O)CCCNC(=O)C1CC1)c1ccc(C#N)cc1. The molecule has 1 aliphatic rings. The lowest BCUT2D eigenvalue weighted by Crippen LogP contribution is -2.29. The first-order valence-corrected chi connectivity index (χ1v) is 7.67. The third kappa shape index (κ3) is 4.88. The Kier molecular flexibility index (Phi) is 5.54. The van der Waals surface area contributed by atoms with Crippen LogP contribution in [0.15, 0.2) is 24.3 Å². The van der Waals surface area contributed by atoms with Crippen molar-refractivity contribution < 1.29 is 9.59 Å². The molecule has 1 atom stereocenters. The third-order valence-corrected chi connectivity index (χ3v) is 3.75. The molecule has 1 unspecified atom stereocenters. The van der Waals surface area contributed by atoms with E-state index in [4.69, 9.17) is 5.26 Å². The van der Waals surface area contributed by atoms with Crippen molar-refractivity contribution in [3.05, 3.63) is 35.4 Å². The zero-order chi connectivity index (χ0) is 15.9. The molecule has 0 aromatic heterocycles. The van der Waals surface area contributed by atoms with E-state index in [9.17, 15) is 9.59 Å². The van der Waals surface area contributed by atoms with Crippen LogP contribution in [0.3, 0.4) is 0 Å². The van der Waals surface area contributed by atoms with Gasteiger partial charge in [0, 0.05) is 18.9 Å². The number of carbonyl (C=O) groups is 2. The number of nitrogens with one attached hydrogen (secondary N) is 2. The molecule has 1 aromatic carbocycles. The maximum atomic E-state index is 11.9. The molecule has 0 heterocycles. The van der Waals surface area contributed by atoms with E-state index in [0.717, 1.165) is 18.4 Å². The summed E-state index contributed by atoms with van der Waals surface area (Å²) in [4.78, 5) is 23.3. The van der Waals surface area contributed by atoms with Gasteiger partial charge in [-0.25, -0.2) is 0 Å². The molecule has 0 spiro atoms. The quantitative estimate of drug-likeness (QED) is 0.756. The fourth-order valence-electron chi connectivity index (χ4n) is 2.19. The minimum absolute atomic E-state index is 0.0301. The first-order chi connectivity index (χ1) is 10.6. The van der Waals surface area contributed by atoms with Crippen molar-refractivity contribution in [2.24, 2.45) is 5.92 Å². The Bertz CT molecular complexity index is 571. The number of nitrogens with zero attached hydrogens (tertiary/aromatic N) is 1. The number of rotatable bonds is 7. The van der Waals surface area contributed by atoms with Gasteiger partial charge in [0.15, 0.2) is 0 Å². The Labute approximate surface area is 130 Å². The van der Waals surface area contributed by atoms with E-state index in [0.29, 0.717) is 24.9 Å². The highest BCUT2D eigenvalue weighted by Gasteiger charge is 2.28. The highest BCUT2D eigenvalue weighted by molar-refractivity contribution is 5.81. The molecule has 116 valence electrons. The van der Waals surface area contributed by atoms with Gasteiger partial charge in [0.05, 0.1) is 17.7 Å². The second-order valence-electron chi connectivity index (χ2n) is 5.69. The largest absolute Gasteiger partial charge is 0.356 e. The summed E-state index contributed by atoms with van der Waals surface area (Å²) in [6, 6.07) is 9.15. The number of carbonyl (C=O) groups excluding carboxylic acids is 2. The van der Waals surface area contributed by atoms with E-state index in [1.54, 1.807) is 12.1 Å². The van der Waals surface area contributed by atoms with Gasteiger partial charge in [-0.3, -0.25) is 9.59 Å². The van der Waals surface area contributed by atoms with Gasteiger partial charge in [-0.05, 0) is 43.9 Å². The molecule has 1 fully saturated rings. The first-order valence-electron chi connectivity index (χ1n) is 7.67. The Morgan fingerprint density at radius 2 is 2.00 bits per heavy atom.